The number of benzene rings is 2. The van der Waals surface area contributed by atoms with Crippen LogP contribution in [0.2, 0.25) is 0 Å². The van der Waals surface area contributed by atoms with Gasteiger partial charge in [-0.2, -0.15) is 13.2 Å². The second-order valence-corrected chi connectivity index (χ2v) is 6.81. The minimum Gasteiger partial charge on any atom is -0.338 e. The molecule has 1 aromatic heterocycles. The zero-order valence-corrected chi connectivity index (χ0v) is 14.6. The molecule has 0 N–H and O–H groups in total. The molecule has 0 aliphatic carbocycles. The number of nitrogens with zero attached hydrogens (tertiary/aromatic N) is 2. The molecule has 0 aliphatic heterocycles. The number of likely N-dealkylation sites (N-methyl/N-ethyl adjacent to an activating group) is 1. The van der Waals surface area contributed by atoms with E-state index < -0.39 is 11.7 Å². The lowest BCUT2D eigenvalue weighted by Gasteiger charge is -2.16. The smallest absolute Gasteiger partial charge is 0.338 e. The predicted molar refractivity (Wildman–Crippen MR) is 96.6 cm³/mol. The first-order chi connectivity index (χ1) is 12.3. The first kappa shape index (κ1) is 18.1. The lowest BCUT2D eigenvalue weighted by atomic mass is 10.1. The Morgan fingerprint density at radius 2 is 1.96 bits per heavy atom. The summed E-state index contributed by atoms with van der Waals surface area (Å²) in [4.78, 5) is 18.0. The fraction of sp³-hybridized carbons (Fsp3) is 0.158. The molecule has 1 heterocycles. The first-order valence-electron chi connectivity index (χ1n) is 7.78. The summed E-state index contributed by atoms with van der Waals surface area (Å²) in [6.07, 6.45) is -1.40. The summed E-state index contributed by atoms with van der Waals surface area (Å²) in [6.45, 7) is 0.0902. The van der Waals surface area contributed by atoms with E-state index in [1.165, 1.54) is 28.4 Å². The van der Waals surface area contributed by atoms with Gasteiger partial charge in [0.15, 0.2) is 0 Å². The van der Waals surface area contributed by atoms with E-state index in [9.17, 15) is 18.0 Å². The van der Waals surface area contributed by atoms with E-state index in [1.54, 1.807) is 19.2 Å². The van der Waals surface area contributed by atoms with E-state index in [0.717, 1.165) is 22.3 Å². The molecule has 0 spiro atoms. The van der Waals surface area contributed by atoms with Gasteiger partial charge in [-0.05, 0) is 35.9 Å². The van der Waals surface area contributed by atoms with E-state index in [1.807, 2.05) is 24.3 Å². The highest BCUT2D eigenvalue weighted by Crippen LogP contribution is 2.29. The number of aromatic nitrogens is 1. The third-order valence-electron chi connectivity index (χ3n) is 3.73. The van der Waals surface area contributed by atoms with E-state index in [2.05, 4.69) is 4.98 Å². The number of para-hydroxylation sites is 1. The summed E-state index contributed by atoms with van der Waals surface area (Å²) in [6, 6.07) is 12.6. The number of carbonyl (C=O) groups excluding carboxylic acids is 1. The van der Waals surface area contributed by atoms with Crippen molar-refractivity contribution in [2.24, 2.45) is 0 Å². The van der Waals surface area contributed by atoms with Gasteiger partial charge < -0.3 is 4.90 Å². The Bertz CT molecular complexity index is 930. The third-order valence-corrected chi connectivity index (χ3v) is 4.73. The SMILES string of the molecule is CN(Cc1cccc(C(F)(F)F)c1)C(=O)C=Cc1nc2ccccc2s1. The van der Waals surface area contributed by atoms with Crippen molar-refractivity contribution in [1.29, 1.82) is 0 Å². The molecule has 134 valence electrons. The number of halogens is 3. The molecule has 26 heavy (non-hydrogen) atoms. The molecule has 3 rings (SSSR count). The third kappa shape index (κ3) is 4.29. The summed E-state index contributed by atoms with van der Waals surface area (Å²) in [7, 11) is 1.55. The average molecular weight is 376 g/mol. The van der Waals surface area contributed by atoms with E-state index in [0.29, 0.717) is 10.6 Å². The zero-order valence-electron chi connectivity index (χ0n) is 13.8. The van der Waals surface area contributed by atoms with Crippen LogP contribution in [-0.2, 0) is 17.5 Å². The fourth-order valence-electron chi connectivity index (χ4n) is 2.43. The molecule has 3 nitrogen and oxygen atoms in total. The van der Waals surface area contributed by atoms with Crippen molar-refractivity contribution in [2.75, 3.05) is 7.05 Å². The van der Waals surface area contributed by atoms with Gasteiger partial charge >= 0.3 is 6.18 Å². The Hall–Kier alpha value is -2.67. The van der Waals surface area contributed by atoms with Gasteiger partial charge in [-0.3, -0.25) is 4.79 Å². The number of thiazole rings is 1. The van der Waals surface area contributed by atoms with Gasteiger partial charge in [-0.1, -0.05) is 24.3 Å². The number of fused-ring (bicyclic) bond motifs is 1. The number of amides is 1. The van der Waals surface area contributed by atoms with Crippen LogP contribution in [0.1, 0.15) is 16.1 Å². The standard InChI is InChI=1S/C19H15F3N2OS/c1-24(12-13-5-4-6-14(11-13)19(20,21)22)18(25)10-9-17-23-15-7-2-3-8-16(15)26-17/h2-11H,12H2,1H3. The lowest BCUT2D eigenvalue weighted by molar-refractivity contribution is -0.137. The molecule has 0 fully saturated rings. The van der Waals surface area contributed by atoms with Crippen molar-refractivity contribution in [1.82, 2.24) is 9.88 Å². The van der Waals surface area contributed by atoms with E-state index in [-0.39, 0.29) is 12.5 Å². The molecule has 0 radical (unpaired) electrons. The molecular weight excluding hydrogens is 361 g/mol. The van der Waals surface area contributed by atoms with Crippen LogP contribution >= 0.6 is 11.3 Å². The Kier molecular flexibility index (Phi) is 5.08. The molecule has 0 atom stereocenters. The van der Waals surface area contributed by atoms with Crippen LogP contribution in [-0.4, -0.2) is 22.8 Å². The second kappa shape index (κ2) is 7.29. The maximum Gasteiger partial charge on any atom is 0.416 e. The van der Waals surface area contributed by atoms with Crippen LogP contribution in [0.15, 0.2) is 54.6 Å². The number of alkyl halides is 3. The number of carbonyl (C=O) groups is 1. The summed E-state index contributed by atoms with van der Waals surface area (Å²) in [5, 5.41) is 0.701. The van der Waals surface area contributed by atoms with Crippen LogP contribution in [0.4, 0.5) is 13.2 Å². The highest BCUT2D eigenvalue weighted by molar-refractivity contribution is 7.19. The molecule has 0 unspecified atom stereocenters. The van der Waals surface area contributed by atoms with Gasteiger partial charge in [-0.15, -0.1) is 11.3 Å². The van der Waals surface area contributed by atoms with Crippen LogP contribution in [0.3, 0.4) is 0 Å². The Labute approximate surface area is 152 Å². The van der Waals surface area contributed by atoms with Crippen LogP contribution in [0, 0.1) is 0 Å². The minimum absolute atomic E-state index is 0.0902. The maximum atomic E-state index is 12.8. The Balaban J connectivity index is 1.68. The summed E-state index contributed by atoms with van der Waals surface area (Å²) >= 11 is 1.47. The van der Waals surface area contributed by atoms with Crippen LogP contribution < -0.4 is 0 Å². The average Bonchev–Trinajstić information content (AvgIpc) is 3.02. The fourth-order valence-corrected chi connectivity index (χ4v) is 3.30. The molecule has 7 heteroatoms. The molecule has 0 aliphatic rings. The molecule has 2 aromatic carbocycles. The van der Waals surface area contributed by atoms with Gasteiger partial charge in [0.05, 0.1) is 15.8 Å². The number of hydrogen-bond donors (Lipinski definition) is 0. The van der Waals surface area contributed by atoms with Gasteiger partial charge in [-0.25, -0.2) is 4.98 Å². The van der Waals surface area contributed by atoms with Gasteiger partial charge in [0, 0.05) is 19.7 Å². The molecule has 3 aromatic rings. The quantitative estimate of drug-likeness (QED) is 0.601. The molecule has 0 saturated heterocycles. The van der Waals surface area contributed by atoms with Crippen LogP contribution in [0.25, 0.3) is 16.3 Å². The summed E-state index contributed by atoms with van der Waals surface area (Å²) in [5.74, 6) is -0.304. The van der Waals surface area contributed by atoms with Crippen molar-refractivity contribution in [3.8, 4) is 0 Å². The molecule has 0 saturated carbocycles. The monoisotopic (exact) mass is 376 g/mol. The topological polar surface area (TPSA) is 33.2 Å². The predicted octanol–water partition coefficient (Wildman–Crippen LogP) is 4.99. The molecule has 0 bridgehead atoms. The van der Waals surface area contributed by atoms with Crippen molar-refractivity contribution in [3.63, 3.8) is 0 Å². The van der Waals surface area contributed by atoms with E-state index >= 15 is 0 Å². The van der Waals surface area contributed by atoms with Crippen molar-refractivity contribution < 1.29 is 18.0 Å². The normalized spacial score (nSPS) is 12.0. The van der Waals surface area contributed by atoms with E-state index in [4.69, 9.17) is 0 Å². The Morgan fingerprint density at radius 3 is 2.69 bits per heavy atom. The number of rotatable bonds is 4. The van der Waals surface area contributed by atoms with Crippen molar-refractivity contribution in [2.45, 2.75) is 12.7 Å². The zero-order chi connectivity index (χ0) is 18.7. The van der Waals surface area contributed by atoms with Gasteiger partial charge in [0.2, 0.25) is 5.91 Å². The Morgan fingerprint density at radius 1 is 1.19 bits per heavy atom. The maximum absolute atomic E-state index is 12.8. The summed E-state index contributed by atoms with van der Waals surface area (Å²) in [5.41, 5.74) is 0.562. The van der Waals surface area contributed by atoms with Crippen LogP contribution in [0.5, 0.6) is 0 Å². The molecular formula is C19H15F3N2OS. The lowest BCUT2D eigenvalue weighted by Crippen LogP contribution is -2.24. The number of hydrogen-bond acceptors (Lipinski definition) is 3. The minimum atomic E-state index is -4.40. The summed E-state index contributed by atoms with van der Waals surface area (Å²) < 4.78 is 39.3. The molecule has 1 amide bonds. The highest BCUT2D eigenvalue weighted by Gasteiger charge is 2.30. The van der Waals surface area contributed by atoms with Crippen molar-refractivity contribution >= 4 is 33.5 Å². The van der Waals surface area contributed by atoms with Gasteiger partial charge in [0.25, 0.3) is 0 Å². The highest BCUT2D eigenvalue weighted by atomic mass is 32.1. The van der Waals surface area contributed by atoms with Gasteiger partial charge in [0.1, 0.15) is 5.01 Å². The second-order valence-electron chi connectivity index (χ2n) is 5.75. The largest absolute Gasteiger partial charge is 0.416 e. The van der Waals surface area contributed by atoms with Crippen molar-refractivity contribution in [3.05, 3.63) is 70.7 Å². The first-order valence-corrected chi connectivity index (χ1v) is 8.59.